The lowest BCUT2D eigenvalue weighted by Crippen LogP contribution is -2.74. The maximum atomic E-state index is 13.7. The number of carboxylic acids is 1. The fraction of sp³-hybridized carbons (Fsp3) is 0.500. The standard InChI is InChI=1S/C10HF16NO2/c11-1(3(13)14)7(18,19)27(8(20,21)2(12)4(15)16)10(25,26)6(17,5(28)29)9(22,23)24/h(H,28,29). The Labute approximate surface area is 146 Å². The Hall–Kier alpha value is -2.21. The van der Waals surface area contributed by atoms with Crippen LogP contribution in [0.5, 0.6) is 0 Å². The molecule has 1 atom stereocenters. The van der Waals surface area contributed by atoms with Gasteiger partial charge in [-0.05, 0) is 0 Å². The second-order valence-corrected chi connectivity index (χ2v) is 4.57. The molecule has 1 N–H and O–H groups in total. The van der Waals surface area contributed by atoms with Crippen LogP contribution in [0, 0.1) is 0 Å². The molecule has 0 saturated heterocycles. The fourth-order valence-electron chi connectivity index (χ4n) is 1.53. The number of carboxylic acid groups (broad SMARTS) is 1. The molecule has 0 rings (SSSR count). The van der Waals surface area contributed by atoms with E-state index in [9.17, 15) is 75.0 Å². The molecule has 0 amide bonds. The van der Waals surface area contributed by atoms with Crippen molar-refractivity contribution >= 4 is 5.97 Å². The quantitative estimate of drug-likeness (QED) is 0.390. The first-order chi connectivity index (χ1) is 12.5. The zero-order valence-electron chi connectivity index (χ0n) is 12.4. The molecule has 0 aromatic carbocycles. The van der Waals surface area contributed by atoms with Gasteiger partial charge in [-0.15, -0.1) is 4.90 Å². The molecule has 170 valence electrons. The van der Waals surface area contributed by atoms with Crippen LogP contribution in [0.2, 0.25) is 0 Å². The molecule has 0 aliphatic carbocycles. The van der Waals surface area contributed by atoms with Crippen LogP contribution in [-0.2, 0) is 4.79 Å². The average Bonchev–Trinajstić information content (AvgIpc) is 2.49. The Balaban J connectivity index is 7.48. The van der Waals surface area contributed by atoms with Gasteiger partial charge in [0.15, 0.2) is 0 Å². The monoisotopic (exact) mass is 471 g/mol. The highest BCUT2D eigenvalue weighted by atomic mass is 19.4. The van der Waals surface area contributed by atoms with Crippen LogP contribution in [0.25, 0.3) is 0 Å². The van der Waals surface area contributed by atoms with Gasteiger partial charge in [-0.3, -0.25) is 0 Å². The summed E-state index contributed by atoms with van der Waals surface area (Å²) in [6.07, 6.45) is -16.7. The molecule has 0 aromatic heterocycles. The second-order valence-electron chi connectivity index (χ2n) is 4.57. The van der Waals surface area contributed by atoms with Crippen molar-refractivity contribution in [3.05, 3.63) is 23.8 Å². The number of hydrogen-bond acceptors (Lipinski definition) is 2. The fourth-order valence-corrected chi connectivity index (χ4v) is 1.53. The normalized spacial score (nSPS) is 15.8. The van der Waals surface area contributed by atoms with Crippen molar-refractivity contribution in [2.45, 2.75) is 30.0 Å². The van der Waals surface area contributed by atoms with Crippen LogP contribution in [0.4, 0.5) is 70.2 Å². The molecule has 19 heteroatoms. The van der Waals surface area contributed by atoms with E-state index in [1.165, 1.54) is 0 Å². The predicted molar refractivity (Wildman–Crippen MR) is 54.9 cm³/mol. The molecule has 0 radical (unpaired) electrons. The summed E-state index contributed by atoms with van der Waals surface area (Å²) >= 11 is 0. The number of alkyl halides is 10. The highest BCUT2D eigenvalue weighted by Crippen LogP contribution is 2.56. The van der Waals surface area contributed by atoms with Crippen LogP contribution in [0.3, 0.4) is 0 Å². The maximum Gasteiger partial charge on any atom is 0.441 e. The third-order valence-corrected chi connectivity index (χ3v) is 2.80. The molecular formula is C10HF16NO2. The number of rotatable bonds is 7. The lowest BCUT2D eigenvalue weighted by atomic mass is 10.0. The highest BCUT2D eigenvalue weighted by Gasteiger charge is 2.85. The van der Waals surface area contributed by atoms with E-state index >= 15 is 0 Å². The molecule has 0 bridgehead atoms. The number of nitrogens with zero attached hydrogens (tertiary/aromatic N) is 1. The van der Waals surface area contributed by atoms with Gasteiger partial charge in [-0.25, -0.2) is 9.18 Å². The average molecular weight is 471 g/mol. The van der Waals surface area contributed by atoms with Gasteiger partial charge < -0.3 is 5.11 Å². The molecule has 29 heavy (non-hydrogen) atoms. The van der Waals surface area contributed by atoms with Crippen molar-refractivity contribution in [2.24, 2.45) is 0 Å². The van der Waals surface area contributed by atoms with E-state index in [-0.39, 0.29) is 0 Å². The van der Waals surface area contributed by atoms with Crippen molar-refractivity contribution in [3.8, 4) is 0 Å². The summed E-state index contributed by atoms with van der Waals surface area (Å²) in [6, 6.07) is -23.2. The van der Waals surface area contributed by atoms with Crippen LogP contribution >= 0.6 is 0 Å². The van der Waals surface area contributed by atoms with Crippen molar-refractivity contribution in [1.29, 1.82) is 0 Å². The summed E-state index contributed by atoms with van der Waals surface area (Å²) in [4.78, 5) is 5.95. The lowest BCUT2D eigenvalue weighted by Gasteiger charge is -2.43. The van der Waals surface area contributed by atoms with Gasteiger partial charge >= 0.3 is 48.1 Å². The Morgan fingerprint density at radius 2 is 0.897 bits per heavy atom. The lowest BCUT2D eigenvalue weighted by molar-refractivity contribution is -0.410. The summed E-state index contributed by atoms with van der Waals surface area (Å²) in [6.45, 7) is 0. The first kappa shape index (κ1) is 26.8. The van der Waals surface area contributed by atoms with Gasteiger partial charge in [-0.2, -0.15) is 65.9 Å². The summed E-state index contributed by atoms with van der Waals surface area (Å²) in [7, 11) is 0. The minimum absolute atomic E-state index is 4.34. The topological polar surface area (TPSA) is 40.5 Å². The SMILES string of the molecule is O=C(O)C(F)(C(F)(F)F)C(F)(F)N(C(F)(F)C(F)=C(F)F)C(F)(F)C(F)=C(F)F. The molecule has 0 aliphatic heterocycles. The van der Waals surface area contributed by atoms with E-state index in [2.05, 4.69) is 0 Å². The van der Waals surface area contributed by atoms with E-state index in [0.29, 0.717) is 0 Å². The smallest absolute Gasteiger partial charge is 0.441 e. The zero-order valence-corrected chi connectivity index (χ0v) is 12.4. The van der Waals surface area contributed by atoms with Gasteiger partial charge in [0.05, 0.1) is 0 Å². The van der Waals surface area contributed by atoms with Crippen LogP contribution in [0.1, 0.15) is 0 Å². The van der Waals surface area contributed by atoms with Crippen LogP contribution < -0.4 is 0 Å². The molecule has 3 nitrogen and oxygen atoms in total. The highest BCUT2D eigenvalue weighted by molar-refractivity contribution is 5.80. The molecular weight excluding hydrogens is 470 g/mol. The summed E-state index contributed by atoms with van der Waals surface area (Å²) in [5, 5.41) is 7.98. The molecule has 1 unspecified atom stereocenters. The number of aliphatic carboxylic acids is 1. The van der Waals surface area contributed by atoms with Gasteiger partial charge in [0.1, 0.15) is 0 Å². The van der Waals surface area contributed by atoms with Crippen molar-refractivity contribution < 1.29 is 80.1 Å². The maximum absolute atomic E-state index is 13.7. The summed E-state index contributed by atoms with van der Waals surface area (Å²) < 4.78 is 205. The Morgan fingerprint density at radius 3 is 1.07 bits per heavy atom. The van der Waals surface area contributed by atoms with E-state index in [1.807, 2.05) is 0 Å². The third-order valence-electron chi connectivity index (χ3n) is 2.80. The Bertz CT molecular complexity index is 680. The van der Waals surface area contributed by atoms with Gasteiger partial charge in [-0.1, -0.05) is 0 Å². The van der Waals surface area contributed by atoms with Crippen molar-refractivity contribution in [1.82, 2.24) is 4.90 Å². The molecule has 0 fully saturated rings. The first-order valence-corrected chi connectivity index (χ1v) is 5.87. The van der Waals surface area contributed by atoms with Gasteiger partial charge in [0, 0.05) is 0 Å². The number of halogens is 16. The van der Waals surface area contributed by atoms with E-state index in [1.54, 1.807) is 0 Å². The van der Waals surface area contributed by atoms with E-state index in [4.69, 9.17) is 5.11 Å². The number of hydrogen-bond donors (Lipinski definition) is 1. The van der Waals surface area contributed by atoms with Gasteiger partial charge in [0.25, 0.3) is 11.7 Å². The second kappa shape index (κ2) is 7.56. The molecule has 0 aliphatic rings. The van der Waals surface area contributed by atoms with E-state index in [0.717, 1.165) is 0 Å². The minimum atomic E-state index is -8.09. The van der Waals surface area contributed by atoms with E-state index < -0.39 is 64.7 Å². The molecule has 0 heterocycles. The largest absolute Gasteiger partial charge is 0.478 e. The van der Waals surface area contributed by atoms with Crippen molar-refractivity contribution in [3.63, 3.8) is 0 Å². The third kappa shape index (κ3) is 4.08. The minimum Gasteiger partial charge on any atom is -0.478 e. The Kier molecular flexibility index (Phi) is 6.98. The van der Waals surface area contributed by atoms with Crippen molar-refractivity contribution in [2.75, 3.05) is 0 Å². The predicted octanol–water partition coefficient (Wildman–Crippen LogP) is 5.58. The summed E-state index contributed by atoms with van der Waals surface area (Å²) in [5.74, 6) is -14.2. The van der Waals surface area contributed by atoms with Crippen LogP contribution in [-0.4, -0.2) is 46.0 Å². The molecule has 0 aromatic rings. The van der Waals surface area contributed by atoms with Gasteiger partial charge in [0.2, 0.25) is 0 Å². The molecule has 0 saturated carbocycles. The van der Waals surface area contributed by atoms with Crippen LogP contribution in [0.15, 0.2) is 23.8 Å². The Morgan fingerprint density at radius 1 is 0.621 bits per heavy atom. The zero-order chi connectivity index (χ0) is 24.0. The number of carbonyl (C=O) groups is 1. The summed E-state index contributed by atoms with van der Waals surface area (Å²) in [5.41, 5.74) is -7.60. The first-order valence-electron chi connectivity index (χ1n) is 5.87. The molecule has 0 spiro atoms.